The van der Waals surface area contributed by atoms with Gasteiger partial charge in [0.1, 0.15) is 23.0 Å². The van der Waals surface area contributed by atoms with Crippen LogP contribution in [0.4, 0.5) is 5.82 Å². The third kappa shape index (κ3) is 2.52. The molecule has 1 aromatic carbocycles. The first-order valence-electron chi connectivity index (χ1n) is 7.45. The molecule has 3 heterocycles. The number of nitrogen functional groups attached to an aromatic ring is 1. The lowest BCUT2D eigenvalue weighted by Crippen LogP contribution is -2.35. The molecule has 0 saturated carbocycles. The van der Waals surface area contributed by atoms with E-state index in [0.29, 0.717) is 36.0 Å². The fourth-order valence-corrected chi connectivity index (χ4v) is 2.96. The highest BCUT2D eigenvalue weighted by Crippen LogP contribution is 2.31. The molecule has 24 heavy (non-hydrogen) atoms. The van der Waals surface area contributed by atoms with E-state index in [9.17, 15) is 4.79 Å². The largest absolute Gasteiger partial charge is 0.382 e. The van der Waals surface area contributed by atoms with Crippen LogP contribution in [0.5, 0.6) is 0 Å². The number of rotatable bonds is 2. The molecule has 4 rings (SSSR count). The molecule has 0 fully saturated rings. The van der Waals surface area contributed by atoms with Crippen LogP contribution >= 0.6 is 11.6 Å². The van der Waals surface area contributed by atoms with Gasteiger partial charge in [-0.3, -0.25) is 9.89 Å². The van der Waals surface area contributed by atoms with Crippen LogP contribution in [0.25, 0.3) is 11.3 Å². The van der Waals surface area contributed by atoms with Crippen molar-refractivity contribution in [3.05, 3.63) is 52.4 Å². The summed E-state index contributed by atoms with van der Waals surface area (Å²) in [5.41, 5.74) is 8.51. The molecule has 3 aromatic rings. The number of hydrogen-bond acceptors (Lipinski definition) is 5. The lowest BCUT2D eigenvalue weighted by molar-refractivity contribution is 0.0723. The van der Waals surface area contributed by atoms with E-state index in [1.54, 1.807) is 17.0 Å². The fraction of sp³-hybridized carbons (Fsp3) is 0.188. The molecule has 1 aliphatic rings. The number of benzene rings is 1. The Morgan fingerprint density at radius 2 is 2.12 bits per heavy atom. The predicted octanol–water partition coefficient (Wildman–Crippen LogP) is 2.50. The number of carbonyl (C=O) groups is 1. The van der Waals surface area contributed by atoms with Crippen molar-refractivity contribution in [1.29, 1.82) is 0 Å². The second kappa shape index (κ2) is 5.68. The van der Waals surface area contributed by atoms with E-state index >= 15 is 0 Å². The number of nitrogens with zero attached hydrogens (tertiary/aromatic N) is 3. The number of aromatic amines is 1. The van der Waals surface area contributed by atoms with Crippen LogP contribution in [0.1, 0.15) is 21.8 Å². The molecule has 0 bridgehead atoms. The molecule has 0 radical (unpaired) electrons. The average molecular weight is 344 g/mol. The summed E-state index contributed by atoms with van der Waals surface area (Å²) < 4.78 is 5.45. The fourth-order valence-electron chi connectivity index (χ4n) is 2.83. The molecule has 7 nitrogen and oxygen atoms in total. The Labute approximate surface area is 142 Å². The molecule has 0 aliphatic carbocycles. The first-order chi connectivity index (χ1) is 11.6. The standard InChI is InChI=1S/C16H14ClN5O2/c17-10-3-1-9(2-4-10)15-11-8-22(6-5-13(11)24-21-15)16(23)12-7-14(18)20-19-12/h1-4,7H,5-6,8H2,(H3,18,19,20). The van der Waals surface area contributed by atoms with E-state index in [2.05, 4.69) is 15.4 Å². The van der Waals surface area contributed by atoms with Crippen molar-refractivity contribution < 1.29 is 9.32 Å². The topological polar surface area (TPSA) is 101 Å². The molecular weight excluding hydrogens is 330 g/mol. The summed E-state index contributed by atoms with van der Waals surface area (Å²) in [6.07, 6.45) is 0.616. The summed E-state index contributed by atoms with van der Waals surface area (Å²) >= 11 is 5.93. The van der Waals surface area contributed by atoms with Gasteiger partial charge in [-0.25, -0.2) is 0 Å². The SMILES string of the molecule is Nc1cc(C(=O)N2CCc3onc(-c4ccc(Cl)cc4)c3C2)[nH]n1. The lowest BCUT2D eigenvalue weighted by atomic mass is 10.0. The van der Waals surface area contributed by atoms with Crippen LogP contribution < -0.4 is 5.73 Å². The van der Waals surface area contributed by atoms with Crippen LogP contribution in [-0.4, -0.2) is 32.7 Å². The van der Waals surface area contributed by atoms with Crippen LogP contribution in [0.2, 0.25) is 5.02 Å². The molecule has 3 N–H and O–H groups in total. The Balaban J connectivity index is 1.63. The van der Waals surface area contributed by atoms with E-state index in [1.165, 1.54) is 6.07 Å². The molecular formula is C16H14ClN5O2. The van der Waals surface area contributed by atoms with Crippen molar-refractivity contribution in [2.24, 2.45) is 0 Å². The highest BCUT2D eigenvalue weighted by Gasteiger charge is 2.28. The number of amides is 1. The van der Waals surface area contributed by atoms with Gasteiger partial charge in [-0.05, 0) is 12.1 Å². The van der Waals surface area contributed by atoms with Gasteiger partial charge in [0.15, 0.2) is 0 Å². The lowest BCUT2D eigenvalue weighted by Gasteiger charge is -2.25. The van der Waals surface area contributed by atoms with E-state index < -0.39 is 0 Å². The number of H-pyrrole nitrogens is 1. The first-order valence-corrected chi connectivity index (χ1v) is 7.83. The van der Waals surface area contributed by atoms with Crippen molar-refractivity contribution in [3.63, 3.8) is 0 Å². The summed E-state index contributed by atoms with van der Waals surface area (Å²) in [7, 11) is 0. The van der Waals surface area contributed by atoms with E-state index in [0.717, 1.165) is 22.6 Å². The minimum absolute atomic E-state index is 0.145. The Bertz CT molecular complexity index is 900. The van der Waals surface area contributed by atoms with Crippen molar-refractivity contribution >= 4 is 23.3 Å². The first kappa shape index (κ1) is 14.8. The molecule has 122 valence electrons. The van der Waals surface area contributed by atoms with Crippen molar-refractivity contribution in [2.75, 3.05) is 12.3 Å². The molecule has 0 saturated heterocycles. The highest BCUT2D eigenvalue weighted by molar-refractivity contribution is 6.30. The Kier molecular flexibility index (Phi) is 3.50. The summed E-state index contributed by atoms with van der Waals surface area (Å²) in [4.78, 5) is 14.3. The molecule has 2 aromatic heterocycles. The van der Waals surface area contributed by atoms with Crippen LogP contribution in [0.15, 0.2) is 34.9 Å². The van der Waals surface area contributed by atoms with Gasteiger partial charge < -0.3 is 15.2 Å². The normalized spacial score (nSPS) is 13.8. The zero-order valence-corrected chi connectivity index (χ0v) is 13.4. The molecule has 1 amide bonds. The van der Waals surface area contributed by atoms with Gasteiger partial charge in [-0.15, -0.1) is 0 Å². The van der Waals surface area contributed by atoms with Gasteiger partial charge in [0.05, 0.1) is 6.54 Å². The second-order valence-electron chi connectivity index (χ2n) is 5.62. The molecule has 8 heteroatoms. The monoisotopic (exact) mass is 343 g/mol. The summed E-state index contributed by atoms with van der Waals surface area (Å²) in [6, 6.07) is 8.91. The maximum absolute atomic E-state index is 12.6. The van der Waals surface area contributed by atoms with Crippen LogP contribution in [0, 0.1) is 0 Å². The number of aromatic nitrogens is 3. The van der Waals surface area contributed by atoms with Crippen LogP contribution in [-0.2, 0) is 13.0 Å². The summed E-state index contributed by atoms with van der Waals surface area (Å²) in [5.74, 6) is 0.962. The van der Waals surface area contributed by atoms with Crippen molar-refractivity contribution in [3.8, 4) is 11.3 Å². The molecule has 1 aliphatic heterocycles. The Morgan fingerprint density at radius 1 is 1.33 bits per heavy atom. The van der Waals surface area contributed by atoms with Crippen molar-refractivity contribution in [2.45, 2.75) is 13.0 Å². The number of hydrogen-bond donors (Lipinski definition) is 2. The van der Waals surface area contributed by atoms with Gasteiger partial charge in [-0.2, -0.15) is 5.10 Å². The highest BCUT2D eigenvalue weighted by atomic mass is 35.5. The maximum atomic E-state index is 12.6. The van der Waals surface area contributed by atoms with Gasteiger partial charge in [0.25, 0.3) is 5.91 Å². The van der Waals surface area contributed by atoms with Gasteiger partial charge in [-0.1, -0.05) is 28.9 Å². The summed E-state index contributed by atoms with van der Waals surface area (Å²) in [5, 5.41) is 11.3. The maximum Gasteiger partial charge on any atom is 0.272 e. The molecule has 0 spiro atoms. The van der Waals surface area contributed by atoms with Gasteiger partial charge >= 0.3 is 0 Å². The molecule has 0 unspecified atom stereocenters. The average Bonchev–Trinajstić information content (AvgIpc) is 3.21. The third-order valence-corrected chi connectivity index (χ3v) is 4.31. The summed E-state index contributed by atoms with van der Waals surface area (Å²) in [6.45, 7) is 0.981. The minimum Gasteiger partial charge on any atom is -0.382 e. The second-order valence-corrected chi connectivity index (χ2v) is 6.06. The van der Waals surface area contributed by atoms with Crippen molar-refractivity contribution in [1.82, 2.24) is 20.3 Å². The van der Waals surface area contributed by atoms with E-state index in [4.69, 9.17) is 21.9 Å². The predicted molar refractivity (Wildman–Crippen MR) is 88.4 cm³/mol. The van der Waals surface area contributed by atoms with E-state index in [1.807, 2.05) is 12.1 Å². The van der Waals surface area contributed by atoms with Gasteiger partial charge in [0.2, 0.25) is 0 Å². The quantitative estimate of drug-likeness (QED) is 0.744. The smallest absolute Gasteiger partial charge is 0.272 e. The van der Waals surface area contributed by atoms with Gasteiger partial charge in [0, 0.05) is 35.2 Å². The Hall–Kier alpha value is -2.80. The van der Waals surface area contributed by atoms with E-state index in [-0.39, 0.29) is 5.91 Å². The zero-order chi connectivity index (χ0) is 16.7. The number of fused-ring (bicyclic) bond motifs is 1. The number of nitrogens with two attached hydrogens (primary N) is 1. The third-order valence-electron chi connectivity index (χ3n) is 4.06. The zero-order valence-electron chi connectivity index (χ0n) is 12.6. The Morgan fingerprint density at radius 3 is 2.83 bits per heavy atom. The van der Waals surface area contributed by atoms with Crippen LogP contribution in [0.3, 0.4) is 0 Å². The number of anilines is 1. The number of nitrogens with one attached hydrogen (secondary N) is 1. The minimum atomic E-state index is -0.145. The number of halogens is 1. The number of carbonyl (C=O) groups excluding carboxylic acids is 1. The molecule has 0 atom stereocenters.